The van der Waals surface area contributed by atoms with Gasteiger partial charge in [-0.1, -0.05) is 43.2 Å². The molecule has 8 heteroatoms. The topological polar surface area (TPSA) is 67.3 Å². The minimum Gasteiger partial charge on any atom is -0.339 e. The van der Waals surface area contributed by atoms with E-state index in [-0.39, 0.29) is 16.4 Å². The predicted molar refractivity (Wildman–Crippen MR) is 107 cm³/mol. The summed E-state index contributed by atoms with van der Waals surface area (Å²) in [5.74, 6) is 0.320. The molecular weight excluding hydrogens is 388 g/mol. The molecule has 1 aliphatic heterocycles. The van der Waals surface area contributed by atoms with Gasteiger partial charge < -0.3 is 4.90 Å². The van der Waals surface area contributed by atoms with Gasteiger partial charge in [0.25, 0.3) is 0 Å². The normalized spacial score (nSPS) is 19.6. The Hall–Kier alpha value is -1.12. The van der Waals surface area contributed by atoms with E-state index < -0.39 is 9.84 Å². The maximum Gasteiger partial charge on any atom is 0.233 e. The molecule has 2 fully saturated rings. The Bertz CT molecular complexity index is 864. The van der Waals surface area contributed by atoms with Crippen molar-refractivity contribution in [2.45, 2.75) is 46.9 Å². The monoisotopic (exact) mass is 410 g/mol. The number of carbonyl (C=O) groups is 1. The maximum absolute atomic E-state index is 12.7. The molecule has 2 heterocycles. The zero-order chi connectivity index (χ0) is 18.1. The molecule has 0 radical (unpaired) electrons. The van der Waals surface area contributed by atoms with E-state index in [0.29, 0.717) is 18.8 Å². The number of rotatable bonds is 5. The Morgan fingerprint density at radius 2 is 1.88 bits per heavy atom. The molecule has 1 saturated carbocycles. The fourth-order valence-corrected chi connectivity index (χ4v) is 7.92. The number of likely N-dealkylation sites (tertiary alicyclic amines) is 1. The van der Waals surface area contributed by atoms with E-state index >= 15 is 0 Å². The Labute approximate surface area is 162 Å². The second-order valence-electron chi connectivity index (χ2n) is 7.01. The third-order valence-electron chi connectivity index (χ3n) is 5.28. The van der Waals surface area contributed by atoms with Gasteiger partial charge in [-0.3, -0.25) is 4.79 Å². The van der Waals surface area contributed by atoms with Gasteiger partial charge in [0.2, 0.25) is 5.91 Å². The second kappa shape index (κ2) is 7.48. The molecule has 140 valence electrons. The number of nitrogens with zero attached hydrogens (tertiary/aromatic N) is 2. The number of benzene rings is 1. The molecule has 2 aliphatic rings. The van der Waals surface area contributed by atoms with Crippen LogP contribution in [0.3, 0.4) is 0 Å². The molecule has 5 nitrogen and oxygen atoms in total. The van der Waals surface area contributed by atoms with E-state index in [1.807, 2.05) is 24.3 Å². The summed E-state index contributed by atoms with van der Waals surface area (Å²) in [7, 11) is -3.09. The summed E-state index contributed by atoms with van der Waals surface area (Å²) in [6, 6.07) is 7.92. The van der Waals surface area contributed by atoms with Crippen LogP contribution in [0, 0.1) is 0 Å². The zero-order valence-corrected chi connectivity index (χ0v) is 16.9. The standard InChI is InChI=1S/C18H22N2O3S3/c21-17(12-24-18-19-15-8-4-5-9-16(15)25-18)20-10-14(11-20)26(22,23)13-6-2-1-3-7-13/h4-5,8-9,13-14H,1-3,6-7,10-12H2. The number of carbonyl (C=O) groups excluding carboxylic acids is 1. The van der Waals surface area contributed by atoms with Crippen molar-refractivity contribution in [3.63, 3.8) is 0 Å². The lowest BCUT2D eigenvalue weighted by Crippen LogP contribution is -2.59. The van der Waals surface area contributed by atoms with Crippen molar-refractivity contribution in [3.8, 4) is 0 Å². The van der Waals surface area contributed by atoms with Gasteiger partial charge >= 0.3 is 0 Å². The summed E-state index contributed by atoms with van der Waals surface area (Å²) in [6.07, 6.45) is 4.75. The molecule has 0 bridgehead atoms. The Morgan fingerprint density at radius 3 is 2.62 bits per heavy atom. The van der Waals surface area contributed by atoms with Crippen LogP contribution in [0.25, 0.3) is 10.2 Å². The van der Waals surface area contributed by atoms with Gasteiger partial charge in [-0.05, 0) is 25.0 Å². The van der Waals surface area contributed by atoms with Crippen LogP contribution in [0.5, 0.6) is 0 Å². The third kappa shape index (κ3) is 3.64. The summed E-state index contributed by atoms with van der Waals surface area (Å²) < 4.78 is 27.3. The molecule has 1 saturated heterocycles. The van der Waals surface area contributed by atoms with Crippen LogP contribution in [-0.4, -0.2) is 53.6 Å². The second-order valence-corrected chi connectivity index (χ2v) is 11.8. The predicted octanol–water partition coefficient (Wildman–Crippen LogP) is 3.35. The van der Waals surface area contributed by atoms with E-state index in [9.17, 15) is 13.2 Å². The number of thioether (sulfide) groups is 1. The first-order valence-electron chi connectivity index (χ1n) is 9.03. The highest BCUT2D eigenvalue weighted by atomic mass is 32.2. The van der Waals surface area contributed by atoms with Crippen molar-refractivity contribution in [2.75, 3.05) is 18.8 Å². The minimum atomic E-state index is -3.09. The van der Waals surface area contributed by atoms with E-state index in [0.717, 1.165) is 46.7 Å². The molecule has 1 aromatic heterocycles. The van der Waals surface area contributed by atoms with Gasteiger partial charge in [-0.2, -0.15) is 0 Å². The summed E-state index contributed by atoms with van der Waals surface area (Å²) in [5.41, 5.74) is 0.954. The number of hydrogen-bond donors (Lipinski definition) is 0. The van der Waals surface area contributed by atoms with Crippen LogP contribution in [-0.2, 0) is 14.6 Å². The van der Waals surface area contributed by atoms with E-state index in [1.165, 1.54) is 11.8 Å². The lowest BCUT2D eigenvalue weighted by Gasteiger charge is -2.40. The summed E-state index contributed by atoms with van der Waals surface area (Å²) >= 11 is 3.02. The minimum absolute atomic E-state index is 0.00403. The zero-order valence-electron chi connectivity index (χ0n) is 14.5. The Kier molecular flexibility index (Phi) is 5.25. The van der Waals surface area contributed by atoms with E-state index in [4.69, 9.17) is 0 Å². The van der Waals surface area contributed by atoms with Gasteiger partial charge in [0.05, 0.1) is 26.5 Å². The number of sulfone groups is 1. The van der Waals surface area contributed by atoms with Crippen LogP contribution in [0.2, 0.25) is 0 Å². The largest absolute Gasteiger partial charge is 0.339 e. The van der Waals surface area contributed by atoms with Crippen molar-refractivity contribution in [1.29, 1.82) is 0 Å². The van der Waals surface area contributed by atoms with Crippen LogP contribution in [0.4, 0.5) is 0 Å². The first-order valence-corrected chi connectivity index (χ1v) is 12.4. The fourth-order valence-electron chi connectivity index (χ4n) is 3.64. The first kappa shape index (κ1) is 18.3. The van der Waals surface area contributed by atoms with Crippen LogP contribution in [0.15, 0.2) is 28.6 Å². The highest BCUT2D eigenvalue weighted by molar-refractivity contribution is 8.01. The average molecular weight is 411 g/mol. The van der Waals surface area contributed by atoms with Crippen LogP contribution >= 0.6 is 23.1 Å². The lowest BCUT2D eigenvalue weighted by atomic mass is 10.0. The molecule has 2 aromatic rings. The third-order valence-corrected chi connectivity index (χ3v) is 10.1. The van der Waals surface area contributed by atoms with Crippen molar-refractivity contribution >= 4 is 49.1 Å². The molecular formula is C18H22N2O3S3. The molecule has 0 unspecified atom stereocenters. The Balaban J connectivity index is 1.29. The molecule has 4 rings (SSSR count). The first-order chi connectivity index (χ1) is 12.5. The van der Waals surface area contributed by atoms with Crippen molar-refractivity contribution < 1.29 is 13.2 Å². The van der Waals surface area contributed by atoms with E-state index in [2.05, 4.69) is 4.98 Å². The van der Waals surface area contributed by atoms with Crippen molar-refractivity contribution in [2.24, 2.45) is 0 Å². The van der Waals surface area contributed by atoms with Crippen LogP contribution < -0.4 is 0 Å². The van der Waals surface area contributed by atoms with Gasteiger partial charge in [-0.15, -0.1) is 11.3 Å². The fraction of sp³-hybridized carbons (Fsp3) is 0.556. The molecule has 1 aliphatic carbocycles. The quantitative estimate of drug-likeness (QED) is 0.707. The molecule has 1 amide bonds. The highest BCUT2D eigenvalue weighted by Gasteiger charge is 2.43. The maximum atomic E-state index is 12.7. The number of para-hydroxylation sites is 1. The average Bonchev–Trinajstić information content (AvgIpc) is 3.02. The van der Waals surface area contributed by atoms with Gasteiger partial charge in [0.15, 0.2) is 14.2 Å². The number of thiazole rings is 1. The SMILES string of the molecule is O=C(CSc1nc2ccccc2s1)N1CC(S(=O)(=O)C2CCCCC2)C1. The smallest absolute Gasteiger partial charge is 0.233 e. The molecule has 26 heavy (non-hydrogen) atoms. The van der Waals surface area contributed by atoms with Crippen molar-refractivity contribution in [3.05, 3.63) is 24.3 Å². The van der Waals surface area contributed by atoms with Gasteiger partial charge in [0, 0.05) is 13.1 Å². The lowest BCUT2D eigenvalue weighted by molar-refractivity contribution is -0.131. The van der Waals surface area contributed by atoms with Crippen molar-refractivity contribution in [1.82, 2.24) is 9.88 Å². The summed E-state index contributed by atoms with van der Waals surface area (Å²) in [4.78, 5) is 18.5. The number of hydrogen-bond acceptors (Lipinski definition) is 6. The Morgan fingerprint density at radius 1 is 1.15 bits per heavy atom. The molecule has 1 aromatic carbocycles. The number of aromatic nitrogens is 1. The van der Waals surface area contributed by atoms with Gasteiger partial charge in [0.1, 0.15) is 0 Å². The number of amides is 1. The molecule has 0 spiro atoms. The number of fused-ring (bicyclic) bond motifs is 1. The molecule has 0 N–H and O–H groups in total. The summed E-state index contributed by atoms with van der Waals surface area (Å²) in [5, 5.41) is -0.544. The molecule has 0 atom stereocenters. The van der Waals surface area contributed by atoms with Crippen LogP contribution in [0.1, 0.15) is 32.1 Å². The highest BCUT2D eigenvalue weighted by Crippen LogP contribution is 2.32. The summed E-state index contributed by atoms with van der Waals surface area (Å²) in [6.45, 7) is 0.718. The van der Waals surface area contributed by atoms with E-state index in [1.54, 1.807) is 16.2 Å². The van der Waals surface area contributed by atoms with Gasteiger partial charge in [-0.25, -0.2) is 13.4 Å².